The zero-order valence-corrected chi connectivity index (χ0v) is 63.9. The quantitative estimate of drug-likeness (QED) is 0.0222. The van der Waals surface area contributed by atoms with Crippen molar-refractivity contribution in [3.63, 3.8) is 0 Å². The molecular formula is C76H148O17P2. The van der Waals surface area contributed by atoms with E-state index >= 15 is 0 Å². The van der Waals surface area contributed by atoms with E-state index in [-0.39, 0.29) is 25.7 Å². The minimum atomic E-state index is -4.96. The van der Waals surface area contributed by atoms with E-state index in [1.807, 2.05) is 0 Å². The molecule has 17 nitrogen and oxygen atoms in total. The highest BCUT2D eigenvalue weighted by Gasteiger charge is 2.30. The molecule has 564 valence electrons. The lowest BCUT2D eigenvalue weighted by Crippen LogP contribution is -2.30. The number of hydrogen-bond donors (Lipinski definition) is 3. The lowest BCUT2D eigenvalue weighted by atomic mass is 9.99. The monoisotopic (exact) mass is 1400 g/mol. The summed E-state index contributed by atoms with van der Waals surface area (Å²) in [4.78, 5) is 72.7. The third-order valence-corrected chi connectivity index (χ3v) is 19.9. The zero-order valence-electron chi connectivity index (χ0n) is 62.1. The van der Waals surface area contributed by atoms with Gasteiger partial charge in [0.05, 0.1) is 26.4 Å². The summed E-state index contributed by atoms with van der Waals surface area (Å²) in [6, 6.07) is 0. The van der Waals surface area contributed by atoms with Crippen LogP contribution in [0.3, 0.4) is 0 Å². The topological polar surface area (TPSA) is 237 Å². The van der Waals surface area contributed by atoms with E-state index < -0.39 is 97.5 Å². The first-order valence-electron chi connectivity index (χ1n) is 39.4. The van der Waals surface area contributed by atoms with E-state index in [2.05, 4.69) is 48.5 Å². The molecule has 0 saturated heterocycles. The van der Waals surface area contributed by atoms with Crippen molar-refractivity contribution < 1.29 is 80.2 Å². The van der Waals surface area contributed by atoms with Gasteiger partial charge in [0.1, 0.15) is 19.3 Å². The maximum atomic E-state index is 13.1. The fraction of sp³-hybridized carbons (Fsp3) is 0.947. The molecule has 0 amide bonds. The maximum absolute atomic E-state index is 13.1. The first-order chi connectivity index (χ1) is 45.8. The van der Waals surface area contributed by atoms with Crippen LogP contribution in [0.25, 0.3) is 0 Å². The summed E-state index contributed by atoms with van der Waals surface area (Å²) in [6.45, 7) is 11.9. The number of carbonyl (C=O) groups is 4. The van der Waals surface area contributed by atoms with Crippen LogP contribution in [0.5, 0.6) is 0 Å². The molecule has 0 aliphatic heterocycles. The van der Waals surface area contributed by atoms with Crippen LogP contribution in [0.4, 0.5) is 0 Å². The number of esters is 4. The molecule has 0 aromatic carbocycles. The first kappa shape index (κ1) is 93.1. The molecule has 0 heterocycles. The molecular weight excluding hydrogens is 1250 g/mol. The van der Waals surface area contributed by atoms with Gasteiger partial charge in [0.2, 0.25) is 0 Å². The van der Waals surface area contributed by atoms with E-state index in [1.165, 1.54) is 186 Å². The SMILES string of the molecule is CCCCCCCCCC(=O)OC[C@H](COP(=O)(O)OC[C@H](O)COP(=O)(O)OC[C@@H](COC(=O)CCCCCCCCCCCCCCCCC(C)C)OC(=O)CCCCCCCCCCCCCCCCC(C)C)OC(=O)CCCCCCCCCCCCC(C)CC. The van der Waals surface area contributed by atoms with Crippen molar-refractivity contribution >= 4 is 39.5 Å². The van der Waals surface area contributed by atoms with Crippen molar-refractivity contribution in [1.82, 2.24) is 0 Å². The molecule has 0 saturated carbocycles. The fourth-order valence-electron chi connectivity index (χ4n) is 11.6. The molecule has 3 N–H and O–H groups in total. The molecule has 0 bridgehead atoms. The lowest BCUT2D eigenvalue weighted by molar-refractivity contribution is -0.161. The van der Waals surface area contributed by atoms with Crippen molar-refractivity contribution in [3.8, 4) is 0 Å². The number of rotatable bonds is 74. The second-order valence-electron chi connectivity index (χ2n) is 28.6. The highest BCUT2D eigenvalue weighted by molar-refractivity contribution is 7.47. The van der Waals surface area contributed by atoms with Crippen molar-refractivity contribution in [2.75, 3.05) is 39.6 Å². The van der Waals surface area contributed by atoms with Crippen LogP contribution >= 0.6 is 15.6 Å². The molecule has 19 heteroatoms. The van der Waals surface area contributed by atoms with Crippen LogP contribution in [0.15, 0.2) is 0 Å². The van der Waals surface area contributed by atoms with Gasteiger partial charge in [-0.15, -0.1) is 0 Å². The van der Waals surface area contributed by atoms with Crippen molar-refractivity contribution in [3.05, 3.63) is 0 Å². The summed E-state index contributed by atoms with van der Waals surface area (Å²) < 4.78 is 68.4. The number of hydrogen-bond acceptors (Lipinski definition) is 15. The van der Waals surface area contributed by atoms with Gasteiger partial charge in [0.15, 0.2) is 12.2 Å². The fourth-order valence-corrected chi connectivity index (χ4v) is 13.1. The van der Waals surface area contributed by atoms with Gasteiger partial charge in [-0.05, 0) is 43.4 Å². The summed E-state index contributed by atoms with van der Waals surface area (Å²) in [5.74, 6) is 0.276. The first-order valence-corrected chi connectivity index (χ1v) is 42.4. The molecule has 6 atom stereocenters. The van der Waals surface area contributed by atoms with E-state index in [0.717, 1.165) is 120 Å². The molecule has 0 spiro atoms. The molecule has 0 aromatic rings. The van der Waals surface area contributed by atoms with Gasteiger partial charge in [0.25, 0.3) is 0 Å². The molecule has 0 aliphatic rings. The second kappa shape index (κ2) is 66.6. The van der Waals surface area contributed by atoms with Gasteiger partial charge in [-0.25, -0.2) is 9.13 Å². The van der Waals surface area contributed by atoms with Gasteiger partial charge >= 0.3 is 39.5 Å². The average molecular weight is 1400 g/mol. The van der Waals surface area contributed by atoms with Gasteiger partial charge in [-0.2, -0.15) is 0 Å². The lowest BCUT2D eigenvalue weighted by Gasteiger charge is -2.21. The molecule has 0 aliphatic carbocycles. The normalized spacial score (nSPS) is 14.4. The largest absolute Gasteiger partial charge is 0.472 e. The summed E-state index contributed by atoms with van der Waals surface area (Å²) in [7, 11) is -9.91. The van der Waals surface area contributed by atoms with E-state index in [9.17, 15) is 43.2 Å². The molecule has 0 radical (unpaired) electrons. The van der Waals surface area contributed by atoms with Crippen molar-refractivity contribution in [1.29, 1.82) is 0 Å². The van der Waals surface area contributed by atoms with Crippen LogP contribution in [0.1, 0.15) is 389 Å². The van der Waals surface area contributed by atoms with Crippen LogP contribution in [0, 0.1) is 17.8 Å². The highest BCUT2D eigenvalue weighted by Crippen LogP contribution is 2.45. The number of phosphoric ester groups is 2. The molecule has 0 fully saturated rings. The Labute approximate surface area is 581 Å². The number of phosphoric acid groups is 2. The van der Waals surface area contributed by atoms with E-state index in [0.29, 0.717) is 25.7 Å². The summed E-state index contributed by atoms with van der Waals surface area (Å²) in [6.07, 6.45) is 52.7. The smallest absolute Gasteiger partial charge is 0.462 e. The van der Waals surface area contributed by atoms with Crippen LogP contribution < -0.4 is 0 Å². The minimum absolute atomic E-state index is 0.106. The van der Waals surface area contributed by atoms with Crippen molar-refractivity contribution in [2.24, 2.45) is 17.8 Å². The van der Waals surface area contributed by atoms with Crippen molar-refractivity contribution in [2.45, 2.75) is 407 Å². The Hall–Kier alpha value is -1.94. The molecule has 3 unspecified atom stereocenters. The van der Waals surface area contributed by atoms with Gasteiger partial charge in [0, 0.05) is 25.7 Å². The molecule has 95 heavy (non-hydrogen) atoms. The summed E-state index contributed by atoms with van der Waals surface area (Å²) in [5.41, 5.74) is 0. The van der Waals surface area contributed by atoms with E-state index in [1.54, 1.807) is 0 Å². The van der Waals surface area contributed by atoms with Gasteiger partial charge in [-0.3, -0.25) is 37.3 Å². The Balaban J connectivity index is 5.20. The van der Waals surface area contributed by atoms with Crippen LogP contribution in [0.2, 0.25) is 0 Å². The van der Waals surface area contributed by atoms with Crippen LogP contribution in [-0.2, 0) is 65.4 Å². The summed E-state index contributed by atoms with van der Waals surface area (Å²) in [5, 5.41) is 10.6. The average Bonchev–Trinajstić information content (AvgIpc) is 2.07. The zero-order chi connectivity index (χ0) is 70.1. The maximum Gasteiger partial charge on any atom is 0.472 e. The third kappa shape index (κ3) is 69.0. The number of carbonyl (C=O) groups excluding carboxylic acids is 4. The highest BCUT2D eigenvalue weighted by atomic mass is 31.2. The number of aliphatic hydroxyl groups excluding tert-OH is 1. The Kier molecular flexibility index (Phi) is 65.2. The Morgan fingerprint density at radius 2 is 0.537 bits per heavy atom. The second-order valence-corrected chi connectivity index (χ2v) is 31.5. The van der Waals surface area contributed by atoms with E-state index in [4.69, 9.17) is 37.0 Å². The number of aliphatic hydroxyl groups is 1. The third-order valence-electron chi connectivity index (χ3n) is 18.0. The molecule has 0 rings (SSSR count). The van der Waals surface area contributed by atoms with Crippen LogP contribution in [-0.4, -0.2) is 96.7 Å². The molecule has 0 aromatic heterocycles. The predicted octanol–water partition coefficient (Wildman–Crippen LogP) is 22.2. The minimum Gasteiger partial charge on any atom is -0.462 e. The Morgan fingerprint density at radius 3 is 0.800 bits per heavy atom. The van der Waals surface area contributed by atoms with Gasteiger partial charge < -0.3 is 33.8 Å². The standard InChI is InChI=1S/C76H148O17P2/c1-8-10-11-12-33-43-50-57-73(78)86-63-71(92-76(81)60-53-46-39-32-26-25-29-36-42-49-56-69(7)9-2)65-90-94(82,83)88-61-70(77)62-89-95(84,85)91-66-72(93-75(80)59-52-45-38-31-24-20-16-14-18-22-28-35-41-48-55-68(5)6)64-87-74(79)58-51-44-37-30-23-19-15-13-17-21-27-34-40-47-54-67(3)4/h67-72,77H,8-66H2,1-7H3,(H,82,83)(H,84,85)/t69?,70-,71+,72+/m0/s1. The predicted molar refractivity (Wildman–Crippen MR) is 386 cm³/mol. The number of ether oxygens (including phenoxy) is 4. The Bertz CT molecular complexity index is 1850. The summed E-state index contributed by atoms with van der Waals surface area (Å²) >= 11 is 0. The van der Waals surface area contributed by atoms with Gasteiger partial charge in [-0.1, -0.05) is 337 Å². The number of unbranched alkanes of at least 4 members (excludes halogenated alkanes) is 41. The Morgan fingerprint density at radius 1 is 0.305 bits per heavy atom.